The van der Waals surface area contributed by atoms with Gasteiger partial charge in [0.05, 0.1) is 7.11 Å². The molecule has 156 valence electrons. The van der Waals surface area contributed by atoms with Crippen LogP contribution in [-0.2, 0) is 25.7 Å². The van der Waals surface area contributed by atoms with Crippen LogP contribution < -0.4 is 15.4 Å². The van der Waals surface area contributed by atoms with E-state index in [1.54, 1.807) is 19.2 Å². The molecule has 2 fully saturated rings. The van der Waals surface area contributed by atoms with Crippen LogP contribution in [0.25, 0.3) is 0 Å². The predicted molar refractivity (Wildman–Crippen MR) is 102 cm³/mol. The van der Waals surface area contributed by atoms with Crippen LogP contribution >= 0.6 is 0 Å². The number of rotatable bonds is 7. The van der Waals surface area contributed by atoms with Crippen LogP contribution in [0.5, 0.6) is 5.75 Å². The molecule has 2 N–H and O–H groups in total. The summed E-state index contributed by atoms with van der Waals surface area (Å²) >= 11 is 0. The molecule has 9 nitrogen and oxygen atoms in total. The van der Waals surface area contributed by atoms with Crippen LogP contribution in [0.2, 0.25) is 0 Å². The van der Waals surface area contributed by atoms with E-state index in [0.29, 0.717) is 18.6 Å². The molecule has 0 bridgehead atoms. The third-order valence-electron chi connectivity index (χ3n) is 5.25. The SMILES string of the molecule is COc1ccc(CNC(=O)COC(=O)CN2C(=O)NC3(CCCCC3)C2=O)cc1. The third-order valence-corrected chi connectivity index (χ3v) is 5.25. The summed E-state index contributed by atoms with van der Waals surface area (Å²) in [7, 11) is 1.57. The molecule has 0 atom stereocenters. The maximum Gasteiger partial charge on any atom is 0.326 e. The topological polar surface area (TPSA) is 114 Å². The Morgan fingerprint density at radius 2 is 1.83 bits per heavy atom. The molecule has 3 rings (SSSR count). The van der Waals surface area contributed by atoms with E-state index in [2.05, 4.69) is 10.6 Å². The van der Waals surface area contributed by atoms with Gasteiger partial charge in [-0.3, -0.25) is 19.3 Å². The minimum Gasteiger partial charge on any atom is -0.497 e. The van der Waals surface area contributed by atoms with Crippen molar-refractivity contribution in [2.24, 2.45) is 0 Å². The Bertz CT molecular complexity index is 786. The summed E-state index contributed by atoms with van der Waals surface area (Å²) < 4.78 is 9.98. The largest absolute Gasteiger partial charge is 0.497 e. The lowest BCUT2D eigenvalue weighted by Gasteiger charge is -2.30. The van der Waals surface area contributed by atoms with Gasteiger partial charge in [0.2, 0.25) is 0 Å². The van der Waals surface area contributed by atoms with E-state index < -0.39 is 36.6 Å². The van der Waals surface area contributed by atoms with Gasteiger partial charge in [-0.15, -0.1) is 0 Å². The number of hydrogen-bond donors (Lipinski definition) is 2. The Labute approximate surface area is 168 Å². The molecule has 0 aromatic heterocycles. The van der Waals surface area contributed by atoms with Crippen LogP contribution in [0.1, 0.15) is 37.7 Å². The van der Waals surface area contributed by atoms with Gasteiger partial charge in [0.15, 0.2) is 6.61 Å². The van der Waals surface area contributed by atoms with E-state index in [9.17, 15) is 19.2 Å². The molecule has 9 heteroatoms. The third kappa shape index (κ3) is 4.85. The van der Waals surface area contributed by atoms with Gasteiger partial charge in [0, 0.05) is 6.54 Å². The lowest BCUT2D eigenvalue weighted by molar-refractivity contribution is -0.151. The lowest BCUT2D eigenvalue weighted by atomic mass is 9.82. The summed E-state index contributed by atoms with van der Waals surface area (Å²) in [6, 6.07) is 6.59. The number of carbonyl (C=O) groups is 4. The Morgan fingerprint density at radius 1 is 1.14 bits per heavy atom. The van der Waals surface area contributed by atoms with E-state index in [-0.39, 0.29) is 12.5 Å². The zero-order valence-corrected chi connectivity index (χ0v) is 16.4. The van der Waals surface area contributed by atoms with E-state index in [4.69, 9.17) is 9.47 Å². The summed E-state index contributed by atoms with van der Waals surface area (Å²) in [4.78, 5) is 49.5. The number of ether oxygens (including phenoxy) is 2. The highest BCUT2D eigenvalue weighted by atomic mass is 16.5. The molecular weight excluding hydrogens is 378 g/mol. The molecular formula is C20H25N3O6. The van der Waals surface area contributed by atoms with Crippen molar-refractivity contribution in [2.45, 2.75) is 44.2 Å². The molecule has 1 saturated heterocycles. The van der Waals surface area contributed by atoms with Crippen LogP contribution in [0.15, 0.2) is 24.3 Å². The fraction of sp³-hybridized carbons (Fsp3) is 0.500. The molecule has 1 aromatic rings. The molecule has 1 aliphatic heterocycles. The second-order valence-electron chi connectivity index (χ2n) is 7.25. The molecule has 2 aliphatic rings. The van der Waals surface area contributed by atoms with Crippen LogP contribution in [0.3, 0.4) is 0 Å². The first kappa shape index (κ1) is 20.6. The van der Waals surface area contributed by atoms with Gasteiger partial charge >= 0.3 is 12.0 Å². The fourth-order valence-electron chi connectivity index (χ4n) is 3.63. The maximum absolute atomic E-state index is 12.6. The normalized spacial score (nSPS) is 17.8. The molecule has 4 amide bonds. The van der Waals surface area contributed by atoms with Crippen LogP contribution in [0, 0.1) is 0 Å². The van der Waals surface area contributed by atoms with Crippen molar-refractivity contribution in [3.05, 3.63) is 29.8 Å². The van der Waals surface area contributed by atoms with Crippen LogP contribution in [0.4, 0.5) is 4.79 Å². The van der Waals surface area contributed by atoms with Crippen molar-refractivity contribution in [1.82, 2.24) is 15.5 Å². The van der Waals surface area contributed by atoms with E-state index >= 15 is 0 Å². The first-order chi connectivity index (χ1) is 13.9. The summed E-state index contributed by atoms with van der Waals surface area (Å²) in [6.45, 7) is -0.710. The molecule has 1 heterocycles. The number of benzene rings is 1. The van der Waals surface area contributed by atoms with Crippen molar-refractivity contribution < 1.29 is 28.7 Å². The number of amides is 4. The Balaban J connectivity index is 1.42. The number of urea groups is 1. The quantitative estimate of drug-likeness (QED) is 0.521. The number of hydrogen-bond acceptors (Lipinski definition) is 6. The molecule has 1 aliphatic carbocycles. The average molecular weight is 403 g/mol. The first-order valence-corrected chi connectivity index (χ1v) is 9.63. The lowest BCUT2D eigenvalue weighted by Crippen LogP contribution is -2.48. The van der Waals surface area contributed by atoms with Crippen molar-refractivity contribution in [1.29, 1.82) is 0 Å². The molecule has 1 spiro atoms. The monoisotopic (exact) mass is 403 g/mol. The zero-order valence-electron chi connectivity index (χ0n) is 16.4. The number of imide groups is 1. The minimum absolute atomic E-state index is 0.274. The second-order valence-corrected chi connectivity index (χ2v) is 7.25. The molecule has 1 aromatic carbocycles. The standard InChI is InChI=1S/C20H25N3O6/c1-28-15-7-5-14(6-8-15)11-21-16(24)13-29-17(25)12-23-18(26)20(22-19(23)27)9-3-2-4-10-20/h5-8H,2-4,9-13H2,1H3,(H,21,24)(H,22,27). The summed E-state index contributed by atoms with van der Waals surface area (Å²) in [5.41, 5.74) is -0.0201. The van der Waals surface area contributed by atoms with E-state index in [0.717, 1.165) is 29.7 Å². The number of esters is 1. The maximum atomic E-state index is 12.6. The summed E-state index contributed by atoms with van der Waals surface area (Å²) in [6.07, 6.45) is 3.91. The summed E-state index contributed by atoms with van der Waals surface area (Å²) in [5.74, 6) is -0.955. The molecule has 29 heavy (non-hydrogen) atoms. The fourth-order valence-corrected chi connectivity index (χ4v) is 3.63. The number of nitrogens with one attached hydrogen (secondary N) is 2. The Hall–Kier alpha value is -3.10. The van der Waals surface area contributed by atoms with E-state index in [1.807, 2.05) is 12.1 Å². The van der Waals surface area contributed by atoms with Crippen LogP contribution in [-0.4, -0.2) is 54.5 Å². The van der Waals surface area contributed by atoms with Gasteiger partial charge in [0.25, 0.3) is 11.8 Å². The highest BCUT2D eigenvalue weighted by Crippen LogP contribution is 2.33. The van der Waals surface area contributed by atoms with Gasteiger partial charge < -0.3 is 20.1 Å². The molecule has 1 saturated carbocycles. The number of methoxy groups -OCH3 is 1. The number of carbonyl (C=O) groups excluding carboxylic acids is 4. The Morgan fingerprint density at radius 3 is 2.48 bits per heavy atom. The van der Waals surface area contributed by atoms with Gasteiger partial charge in [-0.25, -0.2) is 4.79 Å². The van der Waals surface area contributed by atoms with Gasteiger partial charge in [-0.05, 0) is 30.5 Å². The smallest absolute Gasteiger partial charge is 0.326 e. The number of nitrogens with zero attached hydrogens (tertiary/aromatic N) is 1. The highest BCUT2D eigenvalue weighted by Gasteiger charge is 2.51. The van der Waals surface area contributed by atoms with Crippen molar-refractivity contribution in [3.63, 3.8) is 0 Å². The van der Waals surface area contributed by atoms with Gasteiger partial charge in [-0.1, -0.05) is 31.4 Å². The van der Waals surface area contributed by atoms with E-state index in [1.165, 1.54) is 0 Å². The first-order valence-electron chi connectivity index (χ1n) is 9.63. The highest BCUT2D eigenvalue weighted by molar-refractivity contribution is 6.08. The van der Waals surface area contributed by atoms with Crippen molar-refractivity contribution >= 4 is 23.8 Å². The van der Waals surface area contributed by atoms with Gasteiger partial charge in [-0.2, -0.15) is 0 Å². The minimum atomic E-state index is -0.884. The molecule has 0 unspecified atom stereocenters. The zero-order chi connectivity index (χ0) is 20.9. The average Bonchev–Trinajstić information content (AvgIpc) is 2.95. The second kappa shape index (κ2) is 8.93. The Kier molecular flexibility index (Phi) is 6.36. The molecule has 0 radical (unpaired) electrons. The predicted octanol–water partition coefficient (Wildman–Crippen LogP) is 1.11. The summed E-state index contributed by atoms with van der Waals surface area (Å²) in [5, 5.41) is 5.36. The van der Waals surface area contributed by atoms with Crippen molar-refractivity contribution in [2.75, 3.05) is 20.3 Å². The van der Waals surface area contributed by atoms with Gasteiger partial charge in [0.1, 0.15) is 17.8 Å². The van der Waals surface area contributed by atoms with Crippen molar-refractivity contribution in [3.8, 4) is 5.75 Å².